The van der Waals surface area contributed by atoms with Gasteiger partial charge in [-0.05, 0) is 12.8 Å². The zero-order valence-corrected chi connectivity index (χ0v) is 5.82. The number of terminal acetylenes is 1. The van der Waals surface area contributed by atoms with Crippen LogP contribution in [0.5, 0.6) is 0 Å². The molecule has 1 fully saturated rings. The van der Waals surface area contributed by atoms with E-state index in [1.165, 1.54) is 0 Å². The molecule has 0 bridgehead atoms. The topological polar surface area (TPSA) is 26.3 Å². The lowest BCUT2D eigenvalue weighted by Gasteiger charge is -2.15. The van der Waals surface area contributed by atoms with E-state index >= 15 is 0 Å². The van der Waals surface area contributed by atoms with Crippen LogP contribution in [0.15, 0.2) is 0 Å². The Balaban J connectivity index is 2.43. The van der Waals surface area contributed by atoms with Gasteiger partial charge < -0.3 is 0 Å². The van der Waals surface area contributed by atoms with Crippen molar-refractivity contribution < 1.29 is 8.39 Å². The van der Waals surface area contributed by atoms with E-state index in [9.17, 15) is 4.21 Å². The molecule has 1 heterocycles. The highest BCUT2D eigenvalue weighted by Gasteiger charge is 2.15. The number of hydrogen-bond acceptors (Lipinski definition) is 2. The van der Waals surface area contributed by atoms with Crippen LogP contribution in [-0.2, 0) is 15.3 Å². The molecule has 0 aromatic heterocycles. The van der Waals surface area contributed by atoms with Gasteiger partial charge in [-0.1, -0.05) is 5.92 Å². The molecule has 0 spiro atoms. The molecule has 0 aromatic carbocycles. The van der Waals surface area contributed by atoms with Gasteiger partial charge in [0.1, 0.15) is 6.10 Å². The first-order chi connectivity index (χ1) is 4.33. The Kier molecular flexibility index (Phi) is 2.26. The Labute approximate surface area is 57.3 Å². The van der Waals surface area contributed by atoms with Crippen LogP contribution < -0.4 is 0 Å². The monoisotopic (exact) mass is 144 g/mol. The Morgan fingerprint density at radius 1 is 1.78 bits per heavy atom. The maximum atomic E-state index is 10.6. The molecule has 1 aliphatic heterocycles. The fraction of sp³-hybridized carbons (Fsp3) is 0.667. The van der Waals surface area contributed by atoms with Crippen molar-refractivity contribution in [3.63, 3.8) is 0 Å². The highest BCUT2D eigenvalue weighted by atomic mass is 32.2. The van der Waals surface area contributed by atoms with Crippen LogP contribution in [0.1, 0.15) is 12.8 Å². The smallest absolute Gasteiger partial charge is 0.156 e. The lowest BCUT2D eigenvalue weighted by molar-refractivity contribution is 0.257. The normalized spacial score (nSPS) is 35.4. The Morgan fingerprint density at radius 3 is 3.00 bits per heavy atom. The van der Waals surface area contributed by atoms with Gasteiger partial charge in [-0.2, -0.15) is 0 Å². The summed E-state index contributed by atoms with van der Waals surface area (Å²) in [6.45, 7) is 0. The molecule has 0 amide bonds. The van der Waals surface area contributed by atoms with Crippen LogP contribution in [0.25, 0.3) is 0 Å². The van der Waals surface area contributed by atoms with Crippen LogP contribution in [0.4, 0.5) is 0 Å². The van der Waals surface area contributed by atoms with Gasteiger partial charge in [0.05, 0.1) is 0 Å². The summed E-state index contributed by atoms with van der Waals surface area (Å²) in [5.74, 6) is 3.06. The quantitative estimate of drug-likeness (QED) is 0.462. The summed E-state index contributed by atoms with van der Waals surface area (Å²) in [5, 5.41) is 0. The summed E-state index contributed by atoms with van der Waals surface area (Å²) in [4.78, 5) is 0. The summed E-state index contributed by atoms with van der Waals surface area (Å²) in [6.07, 6.45) is 6.61. The molecule has 1 saturated heterocycles. The van der Waals surface area contributed by atoms with Gasteiger partial charge in [0, 0.05) is 5.75 Å². The average molecular weight is 144 g/mol. The van der Waals surface area contributed by atoms with Gasteiger partial charge in [-0.15, -0.1) is 6.42 Å². The van der Waals surface area contributed by atoms with Crippen molar-refractivity contribution in [1.29, 1.82) is 0 Å². The van der Waals surface area contributed by atoms with Gasteiger partial charge in [-0.25, -0.2) is 4.21 Å². The van der Waals surface area contributed by atoms with Crippen LogP contribution in [0.3, 0.4) is 0 Å². The minimum Gasteiger partial charge on any atom is -0.274 e. The van der Waals surface area contributed by atoms with E-state index in [4.69, 9.17) is 10.6 Å². The van der Waals surface area contributed by atoms with Crippen molar-refractivity contribution >= 4 is 11.1 Å². The maximum absolute atomic E-state index is 10.6. The molecule has 0 aliphatic carbocycles. The first-order valence-electron chi connectivity index (χ1n) is 2.84. The first kappa shape index (κ1) is 6.79. The fourth-order valence-electron chi connectivity index (χ4n) is 0.723. The van der Waals surface area contributed by atoms with Crippen molar-refractivity contribution in [2.24, 2.45) is 0 Å². The van der Waals surface area contributed by atoms with E-state index in [1.807, 2.05) is 0 Å². The van der Waals surface area contributed by atoms with Gasteiger partial charge in [0.15, 0.2) is 11.1 Å². The van der Waals surface area contributed by atoms with E-state index in [2.05, 4.69) is 5.92 Å². The summed E-state index contributed by atoms with van der Waals surface area (Å²) in [6, 6.07) is 0. The summed E-state index contributed by atoms with van der Waals surface area (Å²) < 4.78 is 15.5. The molecule has 2 unspecified atom stereocenters. The number of hydrogen-bond donors (Lipinski definition) is 0. The first-order valence-corrected chi connectivity index (χ1v) is 4.09. The largest absolute Gasteiger partial charge is 0.274 e. The van der Waals surface area contributed by atoms with Crippen LogP contribution in [0, 0.1) is 12.3 Å². The standard InChI is InChI=1S/C6H8O2S/c1-2-6-4-3-5-9(7)8-6/h1,6H,3-5H2. The van der Waals surface area contributed by atoms with Crippen molar-refractivity contribution in [3.05, 3.63) is 0 Å². The third kappa shape index (κ3) is 1.81. The molecule has 0 aromatic rings. The number of rotatable bonds is 0. The predicted octanol–water partition coefficient (Wildman–Crippen LogP) is 0.462. The predicted molar refractivity (Wildman–Crippen MR) is 35.9 cm³/mol. The SMILES string of the molecule is C#CC1CCCS(=O)O1. The second-order valence-corrected chi connectivity index (χ2v) is 3.11. The Bertz CT molecular complexity index is 159. The summed E-state index contributed by atoms with van der Waals surface area (Å²) in [7, 11) is 0. The maximum Gasteiger partial charge on any atom is 0.156 e. The summed E-state index contributed by atoms with van der Waals surface area (Å²) in [5.41, 5.74) is 0. The third-order valence-corrected chi connectivity index (χ3v) is 2.26. The highest BCUT2D eigenvalue weighted by molar-refractivity contribution is 7.80. The minimum atomic E-state index is -1.11. The molecule has 1 rings (SSSR count). The van der Waals surface area contributed by atoms with Crippen molar-refractivity contribution in [1.82, 2.24) is 0 Å². The lowest BCUT2D eigenvalue weighted by atomic mass is 10.2. The molecule has 2 nitrogen and oxygen atoms in total. The van der Waals surface area contributed by atoms with Gasteiger partial charge in [-0.3, -0.25) is 4.18 Å². The Hall–Kier alpha value is -0.330. The van der Waals surface area contributed by atoms with Crippen molar-refractivity contribution in [3.8, 4) is 12.3 Å². The van der Waals surface area contributed by atoms with Crippen molar-refractivity contribution in [2.45, 2.75) is 18.9 Å². The fourth-order valence-corrected chi connectivity index (χ4v) is 1.63. The second kappa shape index (κ2) is 3.00. The van der Waals surface area contributed by atoms with Crippen LogP contribution in [-0.4, -0.2) is 16.1 Å². The molecular weight excluding hydrogens is 136 g/mol. The third-order valence-electron chi connectivity index (χ3n) is 1.19. The van der Waals surface area contributed by atoms with Crippen LogP contribution in [0.2, 0.25) is 0 Å². The van der Waals surface area contributed by atoms with Crippen molar-refractivity contribution in [2.75, 3.05) is 5.75 Å². The minimum absolute atomic E-state index is 0.209. The van der Waals surface area contributed by atoms with Gasteiger partial charge >= 0.3 is 0 Å². The van der Waals surface area contributed by atoms with E-state index in [0.29, 0.717) is 5.75 Å². The molecular formula is C6H8O2S. The molecule has 3 heteroatoms. The van der Waals surface area contributed by atoms with E-state index in [0.717, 1.165) is 12.8 Å². The average Bonchev–Trinajstić information content (AvgIpc) is 1.88. The molecule has 2 atom stereocenters. The van der Waals surface area contributed by atoms with Crippen LogP contribution >= 0.6 is 0 Å². The van der Waals surface area contributed by atoms with E-state index in [-0.39, 0.29) is 6.10 Å². The zero-order valence-electron chi connectivity index (χ0n) is 5.00. The molecule has 0 N–H and O–H groups in total. The van der Waals surface area contributed by atoms with Gasteiger partial charge in [0.2, 0.25) is 0 Å². The second-order valence-electron chi connectivity index (χ2n) is 1.90. The Morgan fingerprint density at radius 2 is 2.56 bits per heavy atom. The highest BCUT2D eigenvalue weighted by Crippen LogP contribution is 2.11. The summed E-state index contributed by atoms with van der Waals surface area (Å²) >= 11 is -1.11. The van der Waals surface area contributed by atoms with Gasteiger partial charge in [0.25, 0.3) is 0 Å². The molecule has 0 saturated carbocycles. The molecule has 1 aliphatic rings. The molecule has 0 radical (unpaired) electrons. The molecule has 50 valence electrons. The zero-order chi connectivity index (χ0) is 6.69. The van der Waals surface area contributed by atoms with E-state index < -0.39 is 11.1 Å². The van der Waals surface area contributed by atoms with E-state index in [1.54, 1.807) is 0 Å². The molecule has 9 heavy (non-hydrogen) atoms. The lowest BCUT2D eigenvalue weighted by Crippen LogP contribution is -2.20.